The van der Waals surface area contributed by atoms with Gasteiger partial charge in [0.2, 0.25) is 0 Å². The van der Waals surface area contributed by atoms with Crippen LogP contribution in [0.15, 0.2) is 6.07 Å². The molecule has 1 heterocycles. The normalized spacial score (nSPS) is 11.3. The van der Waals surface area contributed by atoms with Gasteiger partial charge >= 0.3 is 0 Å². The number of carbonyl (C=O) groups is 1. The molecule has 4 nitrogen and oxygen atoms in total. The predicted octanol–water partition coefficient (Wildman–Crippen LogP) is 2.10. The Morgan fingerprint density at radius 1 is 1.42 bits per heavy atom. The van der Waals surface area contributed by atoms with Crippen LogP contribution in [-0.2, 0) is 11.3 Å². The zero-order chi connectivity index (χ0) is 14.4. The summed E-state index contributed by atoms with van der Waals surface area (Å²) in [7, 11) is 3.77. The van der Waals surface area contributed by atoms with Gasteiger partial charge in [0.05, 0.1) is 12.5 Å². The summed E-state index contributed by atoms with van der Waals surface area (Å²) in [5.74, 6) is 0.0339. The Kier molecular flexibility index (Phi) is 6.55. The van der Waals surface area contributed by atoms with Crippen LogP contribution in [0.4, 0.5) is 0 Å². The lowest BCUT2D eigenvalue weighted by atomic mass is 10.2. The van der Waals surface area contributed by atoms with E-state index in [1.165, 1.54) is 0 Å². The van der Waals surface area contributed by atoms with Gasteiger partial charge < -0.3 is 14.2 Å². The van der Waals surface area contributed by atoms with Crippen molar-refractivity contribution in [2.75, 3.05) is 39.7 Å². The standard InChI is InChI=1S/C14H23ClN2O2/c1-11-9-13(14(18)10-15)12(2)17(11)6-5-16(3)7-8-19-4/h9H,5-8,10H2,1-4H3. The SMILES string of the molecule is COCCN(C)CCn1c(C)cc(C(=O)CCl)c1C. The minimum atomic E-state index is -0.00578. The highest BCUT2D eigenvalue weighted by Crippen LogP contribution is 2.16. The van der Waals surface area contributed by atoms with Gasteiger partial charge in [-0.05, 0) is 27.0 Å². The first-order valence-corrected chi connectivity index (χ1v) is 6.98. The summed E-state index contributed by atoms with van der Waals surface area (Å²) in [6.07, 6.45) is 0. The fourth-order valence-corrected chi connectivity index (χ4v) is 2.27. The summed E-state index contributed by atoms with van der Waals surface area (Å²) in [5, 5.41) is 0. The molecule has 19 heavy (non-hydrogen) atoms. The van der Waals surface area contributed by atoms with Crippen LogP contribution in [0.25, 0.3) is 0 Å². The summed E-state index contributed by atoms with van der Waals surface area (Å²) in [4.78, 5) is 13.9. The number of aryl methyl sites for hydroxylation is 1. The second-order valence-electron chi connectivity index (χ2n) is 4.79. The van der Waals surface area contributed by atoms with Crippen molar-refractivity contribution in [1.29, 1.82) is 0 Å². The monoisotopic (exact) mass is 286 g/mol. The van der Waals surface area contributed by atoms with Gasteiger partial charge in [0.1, 0.15) is 0 Å². The van der Waals surface area contributed by atoms with Crippen molar-refractivity contribution in [2.24, 2.45) is 0 Å². The summed E-state index contributed by atoms with van der Waals surface area (Å²) in [6.45, 7) is 7.43. The number of halogens is 1. The molecule has 0 aliphatic heterocycles. The second kappa shape index (κ2) is 7.68. The van der Waals surface area contributed by atoms with Gasteiger partial charge in [-0.15, -0.1) is 11.6 Å². The van der Waals surface area contributed by atoms with Crippen LogP contribution in [0.2, 0.25) is 0 Å². The first kappa shape index (κ1) is 16.2. The number of likely N-dealkylation sites (N-methyl/N-ethyl adjacent to an activating group) is 1. The smallest absolute Gasteiger partial charge is 0.179 e. The van der Waals surface area contributed by atoms with Crippen LogP contribution in [0.1, 0.15) is 21.7 Å². The molecular weight excluding hydrogens is 264 g/mol. The fraction of sp³-hybridized carbons (Fsp3) is 0.643. The van der Waals surface area contributed by atoms with Crippen LogP contribution >= 0.6 is 11.6 Å². The molecule has 108 valence electrons. The number of rotatable bonds is 8. The lowest BCUT2D eigenvalue weighted by molar-refractivity contribution is 0.102. The lowest BCUT2D eigenvalue weighted by Gasteiger charge is -2.18. The topological polar surface area (TPSA) is 34.5 Å². The molecule has 0 spiro atoms. The average Bonchev–Trinajstić information content (AvgIpc) is 2.68. The van der Waals surface area contributed by atoms with E-state index in [1.54, 1.807) is 7.11 Å². The zero-order valence-corrected chi connectivity index (χ0v) is 13.0. The van der Waals surface area contributed by atoms with E-state index in [2.05, 4.69) is 16.5 Å². The maximum absolute atomic E-state index is 11.7. The Morgan fingerprint density at radius 2 is 2.11 bits per heavy atom. The van der Waals surface area contributed by atoms with E-state index >= 15 is 0 Å². The first-order valence-electron chi connectivity index (χ1n) is 6.44. The number of ketones is 1. The van der Waals surface area contributed by atoms with Gasteiger partial charge in [-0.1, -0.05) is 0 Å². The molecule has 1 aromatic rings. The van der Waals surface area contributed by atoms with Gasteiger partial charge in [0.15, 0.2) is 5.78 Å². The minimum absolute atomic E-state index is 0.00578. The second-order valence-corrected chi connectivity index (χ2v) is 5.06. The first-order chi connectivity index (χ1) is 9.01. The Morgan fingerprint density at radius 3 is 2.68 bits per heavy atom. The lowest BCUT2D eigenvalue weighted by Crippen LogP contribution is -2.27. The van der Waals surface area contributed by atoms with Gasteiger partial charge in [-0.25, -0.2) is 0 Å². The zero-order valence-electron chi connectivity index (χ0n) is 12.2. The number of hydrogen-bond donors (Lipinski definition) is 0. The number of alkyl halides is 1. The number of Topliss-reactive ketones (excluding diaryl/α,β-unsaturated/α-hetero) is 1. The molecule has 0 saturated heterocycles. The van der Waals surface area contributed by atoms with Gasteiger partial charge in [0, 0.05) is 43.7 Å². The quantitative estimate of drug-likeness (QED) is 0.542. The van der Waals surface area contributed by atoms with E-state index in [4.69, 9.17) is 16.3 Å². The molecule has 0 atom stereocenters. The van der Waals surface area contributed by atoms with E-state index in [1.807, 2.05) is 19.9 Å². The molecule has 0 aliphatic rings. The van der Waals surface area contributed by atoms with Gasteiger partial charge in [-0.3, -0.25) is 4.79 Å². The van der Waals surface area contributed by atoms with Crippen molar-refractivity contribution in [3.8, 4) is 0 Å². The molecule has 0 aromatic carbocycles. The van der Waals surface area contributed by atoms with Crippen LogP contribution in [0.5, 0.6) is 0 Å². The third-order valence-electron chi connectivity index (χ3n) is 3.38. The molecule has 0 amide bonds. The molecule has 0 fully saturated rings. The Balaban J connectivity index is 2.68. The molecule has 5 heteroatoms. The summed E-state index contributed by atoms with van der Waals surface area (Å²) in [6, 6.07) is 1.93. The Hall–Kier alpha value is -0.840. The summed E-state index contributed by atoms with van der Waals surface area (Å²) >= 11 is 5.62. The highest BCUT2D eigenvalue weighted by atomic mass is 35.5. The van der Waals surface area contributed by atoms with Crippen LogP contribution in [0, 0.1) is 13.8 Å². The van der Waals surface area contributed by atoms with Crippen molar-refractivity contribution in [3.63, 3.8) is 0 Å². The van der Waals surface area contributed by atoms with E-state index in [0.29, 0.717) is 0 Å². The maximum atomic E-state index is 11.7. The molecule has 0 N–H and O–H groups in total. The van der Waals surface area contributed by atoms with Crippen LogP contribution < -0.4 is 0 Å². The van der Waals surface area contributed by atoms with Gasteiger partial charge in [0.25, 0.3) is 0 Å². The molecule has 0 bridgehead atoms. The highest BCUT2D eigenvalue weighted by molar-refractivity contribution is 6.30. The molecule has 1 aromatic heterocycles. The van der Waals surface area contributed by atoms with E-state index in [-0.39, 0.29) is 11.7 Å². The van der Waals surface area contributed by atoms with Crippen molar-refractivity contribution in [3.05, 3.63) is 23.0 Å². The average molecular weight is 287 g/mol. The number of nitrogens with zero attached hydrogens (tertiary/aromatic N) is 2. The predicted molar refractivity (Wildman–Crippen MR) is 78.3 cm³/mol. The van der Waals surface area contributed by atoms with E-state index in [9.17, 15) is 4.79 Å². The number of carbonyl (C=O) groups excluding carboxylic acids is 1. The Labute approximate surface area is 120 Å². The van der Waals surface area contributed by atoms with Crippen molar-refractivity contribution < 1.29 is 9.53 Å². The summed E-state index contributed by atoms with van der Waals surface area (Å²) < 4.78 is 7.22. The molecule has 0 saturated carbocycles. The highest BCUT2D eigenvalue weighted by Gasteiger charge is 2.14. The van der Waals surface area contributed by atoms with E-state index < -0.39 is 0 Å². The van der Waals surface area contributed by atoms with Crippen molar-refractivity contribution in [1.82, 2.24) is 9.47 Å². The number of ether oxygens (including phenoxy) is 1. The van der Waals surface area contributed by atoms with Crippen molar-refractivity contribution >= 4 is 17.4 Å². The molecule has 1 rings (SSSR count). The summed E-state index contributed by atoms with van der Waals surface area (Å²) in [5.41, 5.74) is 2.85. The maximum Gasteiger partial charge on any atom is 0.179 e. The van der Waals surface area contributed by atoms with Crippen LogP contribution in [-0.4, -0.2) is 55.0 Å². The number of hydrogen-bond acceptors (Lipinski definition) is 3. The fourth-order valence-electron chi connectivity index (χ4n) is 2.13. The number of aromatic nitrogens is 1. The number of methoxy groups -OCH3 is 1. The van der Waals surface area contributed by atoms with Crippen LogP contribution in [0.3, 0.4) is 0 Å². The third-order valence-corrected chi connectivity index (χ3v) is 3.62. The molecule has 0 unspecified atom stereocenters. The van der Waals surface area contributed by atoms with Gasteiger partial charge in [-0.2, -0.15) is 0 Å². The molecular formula is C14H23ClN2O2. The van der Waals surface area contributed by atoms with Crippen molar-refractivity contribution in [2.45, 2.75) is 20.4 Å². The minimum Gasteiger partial charge on any atom is -0.383 e. The molecule has 0 radical (unpaired) electrons. The third kappa shape index (κ3) is 4.34. The molecule has 0 aliphatic carbocycles. The largest absolute Gasteiger partial charge is 0.383 e. The van der Waals surface area contributed by atoms with E-state index in [0.717, 1.165) is 43.2 Å². The Bertz CT molecular complexity index is 429.